The highest BCUT2D eigenvalue weighted by atomic mass is 79.9. The molecule has 0 saturated carbocycles. The van der Waals surface area contributed by atoms with E-state index in [4.69, 9.17) is 11.6 Å². The molecule has 0 radical (unpaired) electrons. The van der Waals surface area contributed by atoms with Gasteiger partial charge in [0.25, 0.3) is 5.91 Å². The SMILES string of the molecule is Cc1ccc(Br)c(C(=O)NCc2ccc(CCl)cc2)c1. The Labute approximate surface area is 132 Å². The third kappa shape index (κ3) is 3.84. The summed E-state index contributed by atoms with van der Waals surface area (Å²) in [6, 6.07) is 13.6. The van der Waals surface area contributed by atoms with Crippen LogP contribution in [0.1, 0.15) is 27.0 Å². The molecule has 0 bridgehead atoms. The average Bonchev–Trinajstić information content (AvgIpc) is 2.47. The van der Waals surface area contributed by atoms with E-state index in [-0.39, 0.29) is 5.91 Å². The van der Waals surface area contributed by atoms with Crippen molar-refractivity contribution >= 4 is 33.4 Å². The van der Waals surface area contributed by atoms with Crippen LogP contribution >= 0.6 is 27.5 Å². The molecule has 0 aliphatic heterocycles. The van der Waals surface area contributed by atoms with Crippen molar-refractivity contribution in [2.75, 3.05) is 0 Å². The molecule has 0 unspecified atom stereocenters. The fourth-order valence-corrected chi connectivity index (χ4v) is 2.44. The summed E-state index contributed by atoms with van der Waals surface area (Å²) in [7, 11) is 0. The molecule has 1 amide bonds. The number of carbonyl (C=O) groups is 1. The molecule has 20 heavy (non-hydrogen) atoms. The Morgan fingerprint density at radius 2 is 1.80 bits per heavy atom. The molecule has 2 aromatic carbocycles. The van der Waals surface area contributed by atoms with E-state index in [0.717, 1.165) is 21.2 Å². The topological polar surface area (TPSA) is 29.1 Å². The first-order valence-corrected chi connectivity index (χ1v) is 7.61. The summed E-state index contributed by atoms with van der Waals surface area (Å²) in [6.45, 7) is 2.47. The molecule has 0 aromatic heterocycles. The van der Waals surface area contributed by atoms with Gasteiger partial charge in [-0.25, -0.2) is 0 Å². The lowest BCUT2D eigenvalue weighted by Crippen LogP contribution is -2.23. The standard InChI is InChI=1S/C16H15BrClNO/c1-11-2-7-15(17)14(8-11)16(20)19-10-13-5-3-12(9-18)4-6-13/h2-8H,9-10H2,1H3,(H,19,20). The first-order valence-electron chi connectivity index (χ1n) is 6.28. The smallest absolute Gasteiger partial charge is 0.252 e. The Hall–Kier alpha value is -1.32. The summed E-state index contributed by atoms with van der Waals surface area (Å²) in [5, 5.41) is 2.92. The zero-order valence-electron chi connectivity index (χ0n) is 11.1. The van der Waals surface area contributed by atoms with Gasteiger partial charge in [0.05, 0.1) is 5.56 Å². The largest absolute Gasteiger partial charge is 0.348 e. The fraction of sp³-hybridized carbons (Fsp3) is 0.188. The van der Waals surface area contributed by atoms with Crippen LogP contribution in [0.15, 0.2) is 46.9 Å². The van der Waals surface area contributed by atoms with Crippen molar-refractivity contribution < 1.29 is 4.79 Å². The first kappa shape index (κ1) is 15.1. The number of benzene rings is 2. The van der Waals surface area contributed by atoms with Crippen LogP contribution in [-0.2, 0) is 12.4 Å². The maximum Gasteiger partial charge on any atom is 0.252 e. The fourth-order valence-electron chi connectivity index (χ4n) is 1.84. The molecule has 0 atom stereocenters. The normalized spacial score (nSPS) is 10.3. The number of aryl methyl sites for hydroxylation is 1. The minimum atomic E-state index is -0.0815. The Balaban J connectivity index is 2.02. The highest BCUT2D eigenvalue weighted by Gasteiger charge is 2.09. The molecule has 1 N–H and O–H groups in total. The van der Waals surface area contributed by atoms with E-state index in [0.29, 0.717) is 18.0 Å². The number of rotatable bonds is 4. The first-order chi connectivity index (χ1) is 9.60. The Morgan fingerprint density at radius 1 is 1.15 bits per heavy atom. The maximum absolute atomic E-state index is 12.2. The van der Waals surface area contributed by atoms with Crippen LogP contribution in [0.2, 0.25) is 0 Å². The minimum absolute atomic E-state index is 0.0815. The molecule has 104 valence electrons. The maximum atomic E-state index is 12.2. The van der Waals surface area contributed by atoms with E-state index in [1.54, 1.807) is 0 Å². The number of amides is 1. The van der Waals surface area contributed by atoms with Crippen molar-refractivity contribution in [3.05, 3.63) is 69.2 Å². The second-order valence-electron chi connectivity index (χ2n) is 4.62. The summed E-state index contributed by atoms with van der Waals surface area (Å²) < 4.78 is 0.804. The Kier molecular flexibility index (Phi) is 5.21. The van der Waals surface area contributed by atoms with Gasteiger partial charge in [-0.1, -0.05) is 35.9 Å². The van der Waals surface area contributed by atoms with Gasteiger partial charge < -0.3 is 5.32 Å². The van der Waals surface area contributed by atoms with Crippen LogP contribution in [0.4, 0.5) is 0 Å². The summed E-state index contributed by atoms with van der Waals surface area (Å²) in [6.07, 6.45) is 0. The molecular weight excluding hydrogens is 338 g/mol. The summed E-state index contributed by atoms with van der Waals surface area (Å²) in [5.74, 6) is 0.421. The zero-order valence-corrected chi connectivity index (χ0v) is 13.5. The third-order valence-electron chi connectivity index (χ3n) is 3.00. The third-order valence-corrected chi connectivity index (χ3v) is 4.00. The van der Waals surface area contributed by atoms with Gasteiger partial charge in [0.15, 0.2) is 0 Å². The number of nitrogens with one attached hydrogen (secondary N) is 1. The Morgan fingerprint density at radius 3 is 2.45 bits per heavy atom. The summed E-state index contributed by atoms with van der Waals surface area (Å²) >= 11 is 9.14. The number of carbonyl (C=O) groups excluding carboxylic acids is 1. The van der Waals surface area contributed by atoms with Crippen molar-refractivity contribution in [1.29, 1.82) is 0 Å². The van der Waals surface area contributed by atoms with Crippen molar-refractivity contribution in [1.82, 2.24) is 5.32 Å². The molecule has 2 aromatic rings. The van der Waals surface area contributed by atoms with Crippen molar-refractivity contribution in [2.45, 2.75) is 19.3 Å². The molecule has 0 fully saturated rings. The highest BCUT2D eigenvalue weighted by Crippen LogP contribution is 2.18. The number of hydrogen-bond acceptors (Lipinski definition) is 1. The highest BCUT2D eigenvalue weighted by molar-refractivity contribution is 9.10. The monoisotopic (exact) mass is 351 g/mol. The lowest BCUT2D eigenvalue weighted by atomic mass is 10.1. The molecule has 0 aliphatic carbocycles. The van der Waals surface area contributed by atoms with Crippen LogP contribution in [0.5, 0.6) is 0 Å². The van der Waals surface area contributed by atoms with Gasteiger partial charge in [-0.3, -0.25) is 4.79 Å². The van der Waals surface area contributed by atoms with Gasteiger partial charge in [0.1, 0.15) is 0 Å². The van der Waals surface area contributed by atoms with Crippen molar-refractivity contribution in [3.63, 3.8) is 0 Å². The predicted octanol–water partition coefficient (Wildman–Crippen LogP) is 4.43. The molecule has 0 spiro atoms. The molecule has 2 nitrogen and oxygen atoms in total. The van der Waals surface area contributed by atoms with E-state index in [9.17, 15) is 4.79 Å². The van der Waals surface area contributed by atoms with Gasteiger partial charge in [-0.05, 0) is 46.1 Å². The zero-order chi connectivity index (χ0) is 14.5. The van der Waals surface area contributed by atoms with Crippen LogP contribution in [0.25, 0.3) is 0 Å². The van der Waals surface area contributed by atoms with Gasteiger partial charge in [0, 0.05) is 16.9 Å². The van der Waals surface area contributed by atoms with E-state index >= 15 is 0 Å². The second kappa shape index (κ2) is 6.91. The molecule has 2 rings (SSSR count). The van der Waals surface area contributed by atoms with Gasteiger partial charge in [-0.15, -0.1) is 11.6 Å². The van der Waals surface area contributed by atoms with Crippen molar-refractivity contribution in [2.24, 2.45) is 0 Å². The molecule has 4 heteroatoms. The van der Waals surface area contributed by atoms with Crippen LogP contribution in [0, 0.1) is 6.92 Å². The molecule has 0 heterocycles. The van der Waals surface area contributed by atoms with Crippen LogP contribution in [-0.4, -0.2) is 5.91 Å². The van der Waals surface area contributed by atoms with Crippen molar-refractivity contribution in [3.8, 4) is 0 Å². The van der Waals surface area contributed by atoms with Crippen LogP contribution < -0.4 is 5.32 Å². The molecule has 0 saturated heterocycles. The predicted molar refractivity (Wildman–Crippen MR) is 86.0 cm³/mol. The summed E-state index contributed by atoms with van der Waals surface area (Å²) in [5.41, 5.74) is 3.84. The molecule has 0 aliphatic rings. The lowest BCUT2D eigenvalue weighted by Gasteiger charge is -2.08. The number of hydrogen-bond donors (Lipinski definition) is 1. The van der Waals surface area contributed by atoms with Gasteiger partial charge in [-0.2, -0.15) is 0 Å². The number of alkyl halides is 1. The Bertz CT molecular complexity index is 610. The molecular formula is C16H15BrClNO. The van der Waals surface area contributed by atoms with Crippen LogP contribution in [0.3, 0.4) is 0 Å². The van der Waals surface area contributed by atoms with E-state index < -0.39 is 0 Å². The quantitative estimate of drug-likeness (QED) is 0.811. The van der Waals surface area contributed by atoms with Gasteiger partial charge in [0.2, 0.25) is 0 Å². The van der Waals surface area contributed by atoms with E-state index in [2.05, 4.69) is 21.2 Å². The summed E-state index contributed by atoms with van der Waals surface area (Å²) in [4.78, 5) is 12.2. The minimum Gasteiger partial charge on any atom is -0.348 e. The van der Waals surface area contributed by atoms with E-state index in [1.165, 1.54) is 0 Å². The lowest BCUT2D eigenvalue weighted by molar-refractivity contribution is 0.0950. The second-order valence-corrected chi connectivity index (χ2v) is 5.74. The van der Waals surface area contributed by atoms with E-state index in [1.807, 2.05) is 49.4 Å². The van der Waals surface area contributed by atoms with Gasteiger partial charge >= 0.3 is 0 Å². The average molecular weight is 353 g/mol. The number of halogens is 2.